The first-order chi connectivity index (χ1) is 54.6. The third-order valence-electron chi connectivity index (χ3n) is 20.7. The van der Waals surface area contributed by atoms with Gasteiger partial charge in [-0.2, -0.15) is 0 Å². The fourth-order valence-corrected chi connectivity index (χ4v) is 17.5. The lowest BCUT2D eigenvalue weighted by molar-refractivity contribution is -0.140. The molecule has 3 aliphatic heterocycles. The molecule has 7 aromatic carbocycles. The van der Waals surface area contributed by atoms with Gasteiger partial charge in [-0.1, -0.05) is 177 Å². The summed E-state index contributed by atoms with van der Waals surface area (Å²) in [7, 11) is 6.91. The smallest absolute Gasteiger partial charge is 0.243 e. The first kappa shape index (κ1) is 82.8. The number of nitrogens with zero attached hydrogens (tertiary/aromatic N) is 6. The van der Waals surface area contributed by atoms with Crippen LogP contribution in [0.1, 0.15) is 129 Å². The summed E-state index contributed by atoms with van der Waals surface area (Å²) in [6.45, 7) is 4.11. The maximum atomic E-state index is 13.7. The van der Waals surface area contributed by atoms with E-state index >= 15 is 0 Å². The average Bonchev–Trinajstić information content (AvgIpc) is 1.66. The van der Waals surface area contributed by atoms with E-state index in [1.54, 1.807) is 43.0 Å². The number of benzene rings is 7. The molecule has 0 aliphatic carbocycles. The number of ketones is 3. The Balaban J connectivity index is 0.000000166. The molecule has 3 fully saturated rings. The second-order valence-corrected chi connectivity index (χ2v) is 31.5. The van der Waals surface area contributed by atoms with Crippen molar-refractivity contribution in [2.24, 2.45) is 0 Å². The van der Waals surface area contributed by atoms with Gasteiger partial charge >= 0.3 is 0 Å². The second kappa shape index (κ2) is 41.4. The van der Waals surface area contributed by atoms with Gasteiger partial charge in [0, 0.05) is 39.8 Å². The molecule has 22 nitrogen and oxygen atoms in total. The molecule has 10 aromatic rings. The minimum atomic E-state index is -0.789. The van der Waals surface area contributed by atoms with Gasteiger partial charge in [-0.05, 0) is 157 Å². The molecule has 6 heterocycles. The number of hydrogen-bond donors (Lipinski definition) is 6. The van der Waals surface area contributed by atoms with Crippen LogP contribution in [0.5, 0.6) is 0 Å². The van der Waals surface area contributed by atoms with Crippen LogP contribution >= 0.6 is 34.0 Å². The SMILES string of the molecule is CCCCC(NC(=O)[C@@H]1CCCN1C(=O)[C@@H](Cc1ccccc1)NC)C(=O)c1nc2ccccc2s1.CN[C@H](Cc1ccccc1)C(=O)N1CCC[C@H]1C(=O)NC(CCCOC)C(=O)c1nc2ccccc2s1.CN[C@H](Cc1ccccc1)C(=O)N1CCC[C@H]1C(=O)NC(Cc1ccccc1)C(=O)c1nc2ccccc2s1. The molecule has 586 valence electrons. The van der Waals surface area contributed by atoms with Crippen molar-refractivity contribution in [3.05, 3.63) is 231 Å². The van der Waals surface area contributed by atoms with Crippen LogP contribution in [0.3, 0.4) is 0 Å². The second-order valence-electron chi connectivity index (χ2n) is 28.4. The van der Waals surface area contributed by atoms with E-state index in [0.29, 0.717) is 105 Å². The van der Waals surface area contributed by atoms with E-state index in [1.807, 2.05) is 194 Å². The molecule has 9 atom stereocenters. The first-order valence-electron chi connectivity index (χ1n) is 38.7. The quantitative estimate of drug-likeness (QED) is 0.0165. The summed E-state index contributed by atoms with van der Waals surface area (Å²) in [5, 5.41) is 19.5. The number of Topliss-reactive ketones (excluding diaryl/α,β-unsaturated/α-hetero) is 3. The standard InChI is InChI=1S/C31H32N4O3S.C28H34N4O4S.C28H34N4O3S/c1-32-25(20-22-13-6-3-7-14-22)31(38)35-18-10-16-26(35)29(37)33-24(19-21-11-4-2-5-12-21)28(36)30-34-23-15-8-9-17-27(23)39-30;1-29-22(18-19-10-4-3-5-11-19)28(35)32-16-8-14-23(32)26(34)30-21(13-9-17-36-2)25(33)27-31-20-12-6-7-15-24(20)37-27;1-3-4-13-21(25(33)27-31-20-14-8-9-16-24(20)36-27)30-26(34)23-15-10-17-32(23)28(35)22(29-2)18-19-11-6-5-7-12-19/h2-9,11-15,17,24-26,32H,10,16,18-20H2,1H3,(H,33,37);3-7,10-12,15,21-23,29H,8-9,13-14,16-18H2,1-2H3,(H,30,34);5-9,11-12,14,16,21-23,29H,3-4,10,13,15,17-18H2,1-2H3,(H,30,34)/t24?,25-,26+;2*21?,22-,23+/m111/s1. The molecule has 3 aromatic heterocycles. The Morgan fingerprint density at radius 2 is 0.661 bits per heavy atom. The highest BCUT2D eigenvalue weighted by Gasteiger charge is 2.42. The number of para-hydroxylation sites is 3. The summed E-state index contributed by atoms with van der Waals surface area (Å²) in [5.74, 6) is -1.73. The molecule has 112 heavy (non-hydrogen) atoms. The highest BCUT2D eigenvalue weighted by molar-refractivity contribution is 7.21. The topological polar surface area (TPSA) is 283 Å². The Morgan fingerprint density at radius 3 is 0.955 bits per heavy atom. The number of unbranched alkanes of at least 4 members (excludes halogenated alkanes) is 1. The van der Waals surface area contributed by atoms with Crippen molar-refractivity contribution in [2.75, 3.05) is 54.5 Å². The lowest BCUT2D eigenvalue weighted by Crippen LogP contribution is -2.55. The van der Waals surface area contributed by atoms with E-state index in [2.05, 4.69) is 53.8 Å². The van der Waals surface area contributed by atoms with Gasteiger partial charge in [0.05, 0.1) is 66.9 Å². The Labute approximate surface area is 666 Å². The third-order valence-corrected chi connectivity index (χ3v) is 23.8. The number of likely N-dealkylation sites (tertiary alicyclic amines) is 3. The van der Waals surface area contributed by atoms with Gasteiger partial charge in [0.1, 0.15) is 18.1 Å². The van der Waals surface area contributed by atoms with Gasteiger partial charge in [-0.25, -0.2) is 15.0 Å². The van der Waals surface area contributed by atoms with Crippen LogP contribution in [0.15, 0.2) is 194 Å². The number of likely N-dealkylation sites (N-methyl/N-ethyl adjacent to an activating group) is 3. The number of fused-ring (bicyclic) bond motifs is 3. The average molecular weight is 1570 g/mol. The number of methoxy groups -OCH3 is 1. The summed E-state index contributed by atoms with van der Waals surface area (Å²) in [6.07, 6.45) is 9.25. The largest absolute Gasteiger partial charge is 0.385 e. The summed E-state index contributed by atoms with van der Waals surface area (Å²) >= 11 is 4.02. The first-order valence-corrected chi connectivity index (χ1v) is 41.2. The van der Waals surface area contributed by atoms with E-state index in [1.165, 1.54) is 34.0 Å². The van der Waals surface area contributed by atoms with E-state index in [0.717, 1.165) is 85.0 Å². The molecule has 13 rings (SSSR count). The van der Waals surface area contributed by atoms with Crippen LogP contribution in [0.2, 0.25) is 0 Å². The Kier molecular flexibility index (Phi) is 30.6. The highest BCUT2D eigenvalue weighted by atomic mass is 32.1. The van der Waals surface area contributed by atoms with Gasteiger partial charge in [-0.15, -0.1) is 34.0 Å². The molecule has 0 radical (unpaired) electrons. The number of nitrogens with one attached hydrogen (secondary N) is 6. The van der Waals surface area contributed by atoms with E-state index in [9.17, 15) is 43.2 Å². The van der Waals surface area contributed by atoms with Crippen molar-refractivity contribution < 1.29 is 47.9 Å². The number of carbonyl (C=O) groups excluding carboxylic acids is 9. The lowest BCUT2D eigenvalue weighted by Gasteiger charge is -2.29. The Morgan fingerprint density at radius 1 is 0.384 bits per heavy atom. The molecule has 25 heteroatoms. The Bertz CT molecular complexity index is 4700. The maximum Gasteiger partial charge on any atom is 0.243 e. The minimum absolute atomic E-state index is 0.0818. The number of thiazole rings is 3. The fraction of sp³-hybridized carbons (Fsp3) is 0.379. The molecule has 6 amide bonds. The molecule has 3 aliphatic rings. The number of amides is 6. The van der Waals surface area contributed by atoms with Gasteiger partial charge in [0.15, 0.2) is 15.0 Å². The van der Waals surface area contributed by atoms with Gasteiger partial charge in [0.25, 0.3) is 0 Å². The van der Waals surface area contributed by atoms with E-state index < -0.39 is 54.4 Å². The van der Waals surface area contributed by atoms with E-state index in [4.69, 9.17) is 4.74 Å². The normalized spacial score (nSPS) is 16.9. The van der Waals surface area contributed by atoms with E-state index in [-0.39, 0.29) is 52.8 Å². The summed E-state index contributed by atoms with van der Waals surface area (Å²) in [6, 6.07) is 56.8. The Hall–Kier alpha value is -10.1. The predicted molar refractivity (Wildman–Crippen MR) is 442 cm³/mol. The van der Waals surface area contributed by atoms with Gasteiger partial charge in [-0.3, -0.25) is 43.2 Å². The molecule has 6 N–H and O–H groups in total. The van der Waals surface area contributed by atoms with Crippen molar-refractivity contribution in [3.8, 4) is 0 Å². The molecular formula is C87H100N12O10S3. The number of aromatic nitrogens is 3. The van der Waals surface area contributed by atoms with Crippen molar-refractivity contribution >= 4 is 117 Å². The monoisotopic (exact) mass is 1570 g/mol. The van der Waals surface area contributed by atoms with Gasteiger partial charge in [0.2, 0.25) is 52.8 Å². The van der Waals surface area contributed by atoms with Crippen LogP contribution in [0.25, 0.3) is 30.6 Å². The summed E-state index contributed by atoms with van der Waals surface area (Å²) in [5.41, 5.74) is 6.42. The number of rotatable bonds is 33. The van der Waals surface area contributed by atoms with Crippen LogP contribution in [-0.4, -0.2) is 191 Å². The maximum absolute atomic E-state index is 13.7. The summed E-state index contributed by atoms with van der Waals surface area (Å²) < 4.78 is 7.97. The minimum Gasteiger partial charge on any atom is -0.385 e. The third kappa shape index (κ3) is 21.8. The molecule has 0 saturated carbocycles. The van der Waals surface area contributed by atoms with Crippen molar-refractivity contribution in [3.63, 3.8) is 0 Å². The lowest BCUT2D eigenvalue weighted by atomic mass is 10.0. The van der Waals surface area contributed by atoms with Crippen LogP contribution < -0.4 is 31.9 Å². The zero-order valence-electron chi connectivity index (χ0n) is 64.1. The van der Waals surface area contributed by atoms with Crippen molar-refractivity contribution in [2.45, 2.75) is 158 Å². The number of hydrogen-bond acceptors (Lipinski definition) is 19. The van der Waals surface area contributed by atoms with Crippen LogP contribution in [0, 0.1) is 0 Å². The molecule has 3 saturated heterocycles. The molecule has 3 unspecified atom stereocenters. The number of ether oxygens (including phenoxy) is 1. The van der Waals surface area contributed by atoms with Gasteiger partial charge < -0.3 is 51.3 Å². The highest BCUT2D eigenvalue weighted by Crippen LogP contribution is 2.30. The zero-order valence-corrected chi connectivity index (χ0v) is 66.5. The summed E-state index contributed by atoms with van der Waals surface area (Å²) in [4.78, 5) is 140. The molecular weight excluding hydrogens is 1470 g/mol. The predicted octanol–water partition coefficient (Wildman–Crippen LogP) is 11.2. The molecule has 0 bridgehead atoms. The van der Waals surface area contributed by atoms with Crippen LogP contribution in [0.4, 0.5) is 0 Å². The fourth-order valence-electron chi connectivity index (χ4n) is 14.6. The van der Waals surface area contributed by atoms with Crippen molar-refractivity contribution in [1.29, 1.82) is 0 Å². The zero-order chi connectivity index (χ0) is 78.9. The molecule has 0 spiro atoms. The van der Waals surface area contributed by atoms with Crippen LogP contribution in [-0.2, 0) is 59.2 Å². The number of carbonyl (C=O) groups is 9. The van der Waals surface area contributed by atoms with Crippen molar-refractivity contribution in [1.82, 2.24) is 61.6 Å².